The van der Waals surface area contributed by atoms with Crippen LogP contribution in [-0.2, 0) is 10.3 Å². The Balaban J connectivity index is 2.16. The van der Waals surface area contributed by atoms with Crippen molar-refractivity contribution in [3.8, 4) is 0 Å². The highest BCUT2D eigenvalue weighted by molar-refractivity contribution is 5.69. The molecule has 1 aliphatic carbocycles. The van der Waals surface area contributed by atoms with Gasteiger partial charge in [-0.1, -0.05) is 6.07 Å². The van der Waals surface area contributed by atoms with E-state index in [1.54, 1.807) is 0 Å². The molecule has 0 unspecified atom stereocenters. The fraction of sp³-hybridized carbons (Fsp3) is 0.364. The Hall–Kier alpha value is -1.49. The predicted molar refractivity (Wildman–Crippen MR) is 52.9 cm³/mol. The number of nitrogens with one attached hydrogen (secondary N) is 1. The van der Waals surface area contributed by atoms with Crippen molar-refractivity contribution in [1.82, 2.24) is 5.32 Å². The molecule has 2 rings (SSSR count). The number of halogens is 2. The normalized spacial score (nSPS) is 17.1. The van der Waals surface area contributed by atoms with E-state index in [-0.39, 0.29) is 6.54 Å². The minimum absolute atomic E-state index is 0.182. The Morgan fingerprint density at radius 2 is 2.06 bits per heavy atom. The lowest BCUT2D eigenvalue weighted by Gasteiger charge is -2.16. The number of benzene rings is 1. The van der Waals surface area contributed by atoms with Crippen molar-refractivity contribution in [2.24, 2.45) is 0 Å². The molecule has 0 amide bonds. The molecule has 0 saturated heterocycles. The van der Waals surface area contributed by atoms with E-state index in [0.717, 1.165) is 25.0 Å². The molecule has 0 atom stereocenters. The number of hydrogen-bond donors (Lipinski definition) is 2. The van der Waals surface area contributed by atoms with Gasteiger partial charge in [-0.15, -0.1) is 0 Å². The van der Waals surface area contributed by atoms with Crippen molar-refractivity contribution in [2.45, 2.75) is 18.4 Å². The summed E-state index contributed by atoms with van der Waals surface area (Å²) in [6.07, 6.45) is 1.48. The third kappa shape index (κ3) is 2.04. The molecular weight excluding hydrogens is 216 g/mol. The van der Waals surface area contributed by atoms with E-state index in [4.69, 9.17) is 5.11 Å². The van der Waals surface area contributed by atoms with Gasteiger partial charge in [-0.3, -0.25) is 10.1 Å². The molecule has 2 N–H and O–H groups in total. The highest BCUT2D eigenvalue weighted by Gasteiger charge is 2.44. The van der Waals surface area contributed by atoms with Gasteiger partial charge in [0.2, 0.25) is 0 Å². The van der Waals surface area contributed by atoms with Gasteiger partial charge in [0.1, 0.15) is 0 Å². The Morgan fingerprint density at radius 3 is 2.56 bits per heavy atom. The van der Waals surface area contributed by atoms with Crippen molar-refractivity contribution in [3.05, 3.63) is 35.4 Å². The van der Waals surface area contributed by atoms with Gasteiger partial charge in [-0.05, 0) is 30.5 Å². The van der Waals surface area contributed by atoms with Crippen LogP contribution in [0.1, 0.15) is 18.4 Å². The minimum Gasteiger partial charge on any atom is -0.480 e. The van der Waals surface area contributed by atoms with Gasteiger partial charge >= 0.3 is 5.97 Å². The van der Waals surface area contributed by atoms with E-state index in [1.807, 2.05) is 0 Å². The fourth-order valence-corrected chi connectivity index (χ4v) is 1.73. The minimum atomic E-state index is -0.964. The third-order valence-electron chi connectivity index (χ3n) is 2.80. The SMILES string of the molecule is O=C(O)CNC1(c2ccc(F)c(F)c2)CC1. The molecule has 1 fully saturated rings. The van der Waals surface area contributed by atoms with Crippen molar-refractivity contribution >= 4 is 5.97 Å². The molecule has 16 heavy (non-hydrogen) atoms. The summed E-state index contributed by atoms with van der Waals surface area (Å²) >= 11 is 0. The molecule has 1 aliphatic rings. The molecule has 0 heterocycles. The zero-order valence-electron chi connectivity index (χ0n) is 8.46. The first-order chi connectivity index (χ1) is 7.53. The Kier molecular flexibility index (Phi) is 2.63. The van der Waals surface area contributed by atoms with Crippen LogP contribution in [0.25, 0.3) is 0 Å². The van der Waals surface area contributed by atoms with E-state index in [1.165, 1.54) is 6.07 Å². The smallest absolute Gasteiger partial charge is 0.317 e. The van der Waals surface area contributed by atoms with Crippen LogP contribution in [0.2, 0.25) is 0 Å². The monoisotopic (exact) mass is 227 g/mol. The largest absolute Gasteiger partial charge is 0.480 e. The van der Waals surface area contributed by atoms with E-state index in [0.29, 0.717) is 5.56 Å². The molecule has 1 saturated carbocycles. The molecular formula is C11H11F2NO2. The summed E-state index contributed by atoms with van der Waals surface area (Å²) in [5.41, 5.74) is 0.125. The average molecular weight is 227 g/mol. The van der Waals surface area contributed by atoms with E-state index in [9.17, 15) is 13.6 Å². The molecule has 0 aromatic heterocycles. The zero-order chi connectivity index (χ0) is 11.8. The number of rotatable bonds is 4. The molecule has 0 bridgehead atoms. The average Bonchev–Trinajstić information content (AvgIpc) is 3.00. The van der Waals surface area contributed by atoms with Gasteiger partial charge in [0.25, 0.3) is 0 Å². The van der Waals surface area contributed by atoms with Crippen LogP contribution < -0.4 is 5.32 Å². The molecule has 0 aliphatic heterocycles. The molecule has 5 heteroatoms. The van der Waals surface area contributed by atoms with Gasteiger partial charge in [-0.2, -0.15) is 0 Å². The lowest BCUT2D eigenvalue weighted by molar-refractivity contribution is -0.136. The maximum atomic E-state index is 13.0. The lowest BCUT2D eigenvalue weighted by Crippen LogP contribution is -2.33. The van der Waals surface area contributed by atoms with Crippen molar-refractivity contribution in [3.63, 3.8) is 0 Å². The van der Waals surface area contributed by atoms with Gasteiger partial charge in [-0.25, -0.2) is 8.78 Å². The Labute approximate surface area is 91.1 Å². The molecule has 3 nitrogen and oxygen atoms in total. The quantitative estimate of drug-likeness (QED) is 0.821. The second-order valence-corrected chi connectivity index (χ2v) is 3.96. The highest BCUT2D eigenvalue weighted by atomic mass is 19.2. The summed E-state index contributed by atoms with van der Waals surface area (Å²) < 4.78 is 25.7. The second-order valence-electron chi connectivity index (χ2n) is 3.96. The summed E-state index contributed by atoms with van der Waals surface area (Å²) in [6.45, 7) is -0.182. The zero-order valence-corrected chi connectivity index (χ0v) is 8.46. The number of carboxylic acid groups (broad SMARTS) is 1. The van der Waals surface area contributed by atoms with Crippen LogP contribution in [0.15, 0.2) is 18.2 Å². The van der Waals surface area contributed by atoms with Gasteiger partial charge < -0.3 is 5.11 Å². The molecule has 1 aromatic rings. The highest BCUT2D eigenvalue weighted by Crippen LogP contribution is 2.45. The first kappa shape index (κ1) is 11.0. The van der Waals surface area contributed by atoms with Crippen LogP contribution >= 0.6 is 0 Å². The molecule has 86 valence electrons. The molecule has 1 aromatic carbocycles. The van der Waals surface area contributed by atoms with Gasteiger partial charge in [0, 0.05) is 5.54 Å². The van der Waals surface area contributed by atoms with Crippen LogP contribution in [0.4, 0.5) is 8.78 Å². The van der Waals surface area contributed by atoms with Crippen molar-refractivity contribution in [2.75, 3.05) is 6.54 Å². The van der Waals surface area contributed by atoms with Crippen LogP contribution in [0, 0.1) is 11.6 Å². The number of carboxylic acids is 1. The topological polar surface area (TPSA) is 49.3 Å². The standard InChI is InChI=1S/C11H11F2NO2/c12-8-2-1-7(5-9(8)13)11(3-4-11)14-6-10(15)16/h1-2,5,14H,3-4,6H2,(H,15,16). The van der Waals surface area contributed by atoms with E-state index in [2.05, 4.69) is 5.32 Å². The van der Waals surface area contributed by atoms with Crippen LogP contribution in [0.5, 0.6) is 0 Å². The van der Waals surface area contributed by atoms with Gasteiger partial charge in [0.15, 0.2) is 11.6 Å². The summed E-state index contributed by atoms with van der Waals surface area (Å²) in [5.74, 6) is -2.76. The Bertz CT molecular complexity index is 430. The first-order valence-electron chi connectivity index (χ1n) is 4.96. The Morgan fingerprint density at radius 1 is 1.38 bits per heavy atom. The maximum absolute atomic E-state index is 13.0. The lowest BCUT2D eigenvalue weighted by atomic mass is 10.0. The number of carbonyl (C=O) groups is 1. The third-order valence-corrected chi connectivity index (χ3v) is 2.80. The number of aliphatic carboxylic acids is 1. The predicted octanol–water partition coefficient (Wildman–Crippen LogP) is 1.63. The fourth-order valence-electron chi connectivity index (χ4n) is 1.73. The van der Waals surface area contributed by atoms with Crippen LogP contribution in [-0.4, -0.2) is 17.6 Å². The molecule has 0 radical (unpaired) electrons. The van der Waals surface area contributed by atoms with Crippen molar-refractivity contribution < 1.29 is 18.7 Å². The molecule has 0 spiro atoms. The van der Waals surface area contributed by atoms with Gasteiger partial charge in [0.05, 0.1) is 6.54 Å². The number of hydrogen-bond acceptors (Lipinski definition) is 2. The summed E-state index contributed by atoms with van der Waals surface area (Å²) in [7, 11) is 0. The van der Waals surface area contributed by atoms with Crippen LogP contribution in [0.3, 0.4) is 0 Å². The second kappa shape index (κ2) is 3.83. The summed E-state index contributed by atoms with van der Waals surface area (Å²) in [4.78, 5) is 10.4. The van der Waals surface area contributed by atoms with E-state index >= 15 is 0 Å². The summed E-state index contributed by atoms with van der Waals surface area (Å²) in [6, 6.07) is 3.67. The maximum Gasteiger partial charge on any atom is 0.317 e. The van der Waals surface area contributed by atoms with Crippen molar-refractivity contribution in [1.29, 1.82) is 0 Å². The van der Waals surface area contributed by atoms with E-state index < -0.39 is 23.1 Å². The summed E-state index contributed by atoms with van der Waals surface area (Å²) in [5, 5.41) is 11.4. The first-order valence-corrected chi connectivity index (χ1v) is 4.96.